The number of carbonyl (C=O) groups is 2. The minimum absolute atomic E-state index is 0.168. The summed E-state index contributed by atoms with van der Waals surface area (Å²) in [6.07, 6.45) is 9.44. The van der Waals surface area contributed by atoms with E-state index >= 15 is 0 Å². The molecule has 0 aliphatic carbocycles. The number of esters is 2. The summed E-state index contributed by atoms with van der Waals surface area (Å²) in [6.45, 7) is 7.81. The lowest BCUT2D eigenvalue weighted by molar-refractivity contribution is -0.149. The molecule has 0 unspecified atom stereocenters. The first kappa shape index (κ1) is 24.5. The largest absolute Gasteiger partial charge is 0.462 e. The SMILES string of the molecule is C/C(Br)=C\[C@@H]1Cc2nc(cs2)CC[C@@H](C)CC(=O)O[C@@H](C)C/C(C)=C/C=C\C(=O)O1. The van der Waals surface area contributed by atoms with E-state index < -0.39 is 12.1 Å². The molecule has 3 atom stereocenters. The predicted octanol–water partition coefficient (Wildman–Crippen LogP) is 5.69. The van der Waals surface area contributed by atoms with E-state index in [2.05, 4.69) is 27.8 Å². The number of aryl methyl sites for hydroxylation is 1. The zero-order valence-electron chi connectivity index (χ0n) is 18.0. The molecule has 164 valence electrons. The summed E-state index contributed by atoms with van der Waals surface area (Å²) in [4.78, 5) is 29.1. The molecule has 0 amide bonds. The van der Waals surface area contributed by atoms with Gasteiger partial charge in [0.1, 0.15) is 12.2 Å². The smallest absolute Gasteiger partial charge is 0.331 e. The van der Waals surface area contributed by atoms with Crippen molar-refractivity contribution >= 4 is 39.2 Å². The van der Waals surface area contributed by atoms with Gasteiger partial charge in [0.05, 0.1) is 10.7 Å². The van der Waals surface area contributed by atoms with Gasteiger partial charge in [-0.3, -0.25) is 4.79 Å². The molecule has 0 N–H and O–H groups in total. The first-order valence-corrected chi connectivity index (χ1v) is 11.9. The Bertz CT molecular complexity index is 823. The average Bonchev–Trinajstić information content (AvgIpc) is 3.05. The fraction of sp³-hybridized carbons (Fsp3) is 0.522. The number of hydrogen-bond donors (Lipinski definition) is 0. The maximum absolute atomic E-state index is 12.3. The van der Waals surface area contributed by atoms with Gasteiger partial charge in [-0.05, 0) is 50.1 Å². The van der Waals surface area contributed by atoms with E-state index in [-0.39, 0.29) is 18.0 Å². The zero-order valence-corrected chi connectivity index (χ0v) is 20.4. The van der Waals surface area contributed by atoms with Gasteiger partial charge in [-0.2, -0.15) is 0 Å². The number of thiazole rings is 1. The van der Waals surface area contributed by atoms with E-state index in [1.165, 1.54) is 6.08 Å². The first-order valence-electron chi connectivity index (χ1n) is 10.2. The Labute approximate surface area is 191 Å². The number of allylic oxidation sites excluding steroid dienone is 3. The maximum atomic E-state index is 12.3. The third-order valence-corrected chi connectivity index (χ3v) is 5.81. The molecule has 5 nitrogen and oxygen atoms in total. The molecule has 0 spiro atoms. The van der Waals surface area contributed by atoms with E-state index in [0.717, 1.165) is 33.6 Å². The molecule has 1 aliphatic heterocycles. The van der Waals surface area contributed by atoms with Crippen LogP contribution in [0.1, 0.15) is 57.7 Å². The van der Waals surface area contributed by atoms with Gasteiger partial charge in [-0.1, -0.05) is 40.6 Å². The van der Waals surface area contributed by atoms with Crippen molar-refractivity contribution in [2.45, 2.75) is 72.0 Å². The molecule has 7 heteroatoms. The van der Waals surface area contributed by atoms with Crippen LogP contribution in [-0.4, -0.2) is 29.1 Å². The molecule has 0 saturated heterocycles. The van der Waals surface area contributed by atoms with Crippen molar-refractivity contribution in [3.05, 3.63) is 50.4 Å². The lowest BCUT2D eigenvalue weighted by Crippen LogP contribution is -2.17. The molecule has 2 heterocycles. The predicted molar refractivity (Wildman–Crippen MR) is 124 cm³/mol. The van der Waals surface area contributed by atoms with Gasteiger partial charge >= 0.3 is 11.9 Å². The number of aromatic nitrogens is 1. The number of cyclic esters (lactones) is 2. The molecule has 30 heavy (non-hydrogen) atoms. The topological polar surface area (TPSA) is 65.5 Å². The second-order valence-corrected chi connectivity index (χ2v) is 10.1. The molecular formula is C23H30BrNO4S. The number of ether oxygens (including phenoxy) is 2. The van der Waals surface area contributed by atoms with E-state index in [0.29, 0.717) is 19.3 Å². The molecular weight excluding hydrogens is 466 g/mol. The minimum atomic E-state index is -0.406. The number of hydrogen-bond acceptors (Lipinski definition) is 6. The van der Waals surface area contributed by atoms with Crippen LogP contribution >= 0.6 is 27.3 Å². The standard InChI is InChI=1S/C23H30BrNO4S/c1-15-6-5-7-22(26)29-20(12-17(3)24)13-21-25-19(14-30-21)9-8-16(2)11-23(27)28-18(4)10-15/h5-7,12,14,16,18,20H,8-11,13H2,1-4H3/b7-5-,15-6+,17-12+/t16-,18+,20-/m1/s1. The van der Waals surface area contributed by atoms with Crippen LogP contribution in [0.4, 0.5) is 0 Å². The molecule has 0 aromatic carbocycles. The van der Waals surface area contributed by atoms with Crippen molar-refractivity contribution in [2.24, 2.45) is 5.92 Å². The molecule has 2 rings (SSSR count). The molecule has 1 aliphatic rings. The summed E-state index contributed by atoms with van der Waals surface area (Å²) in [6, 6.07) is 0. The van der Waals surface area contributed by atoms with Crippen LogP contribution in [-0.2, 0) is 31.9 Å². The third-order valence-electron chi connectivity index (χ3n) is 4.62. The third kappa shape index (κ3) is 9.39. The summed E-state index contributed by atoms with van der Waals surface area (Å²) in [5.41, 5.74) is 2.03. The maximum Gasteiger partial charge on any atom is 0.331 e. The highest BCUT2D eigenvalue weighted by Crippen LogP contribution is 2.20. The monoisotopic (exact) mass is 495 g/mol. The minimum Gasteiger partial charge on any atom is -0.462 e. The fourth-order valence-electron chi connectivity index (χ4n) is 3.22. The number of carbonyl (C=O) groups excluding carboxylic acids is 2. The summed E-state index contributed by atoms with van der Waals surface area (Å²) in [5, 5.41) is 2.96. The Balaban J connectivity index is 2.20. The van der Waals surface area contributed by atoms with Crippen LogP contribution in [0.25, 0.3) is 0 Å². The van der Waals surface area contributed by atoms with Crippen LogP contribution < -0.4 is 0 Å². The Kier molecular flexibility index (Phi) is 9.98. The summed E-state index contributed by atoms with van der Waals surface area (Å²) < 4.78 is 12.1. The molecule has 0 fully saturated rings. The van der Waals surface area contributed by atoms with E-state index in [4.69, 9.17) is 9.47 Å². The quantitative estimate of drug-likeness (QED) is 0.467. The molecule has 0 saturated carbocycles. The highest BCUT2D eigenvalue weighted by Gasteiger charge is 2.17. The van der Waals surface area contributed by atoms with Crippen LogP contribution in [0, 0.1) is 5.92 Å². The molecule has 0 radical (unpaired) electrons. The Morgan fingerprint density at radius 2 is 2.00 bits per heavy atom. The summed E-state index contributed by atoms with van der Waals surface area (Å²) in [5.74, 6) is -0.347. The van der Waals surface area contributed by atoms with Crippen molar-refractivity contribution in [3.63, 3.8) is 0 Å². The van der Waals surface area contributed by atoms with Crippen molar-refractivity contribution in [3.8, 4) is 0 Å². The summed E-state index contributed by atoms with van der Waals surface area (Å²) in [7, 11) is 0. The molecule has 2 bridgehead atoms. The van der Waals surface area contributed by atoms with Gasteiger partial charge in [0.15, 0.2) is 0 Å². The highest BCUT2D eigenvalue weighted by molar-refractivity contribution is 9.11. The molecule has 1 aromatic rings. The van der Waals surface area contributed by atoms with Crippen molar-refractivity contribution in [1.29, 1.82) is 0 Å². The zero-order chi connectivity index (χ0) is 22.1. The number of fused-ring (bicyclic) bond motifs is 2. The second kappa shape index (κ2) is 12.2. The fourth-order valence-corrected chi connectivity index (χ4v) is 4.38. The van der Waals surface area contributed by atoms with Crippen LogP contribution in [0.2, 0.25) is 0 Å². The lowest BCUT2D eigenvalue weighted by atomic mass is 10.0. The normalized spacial score (nSPS) is 28.2. The Morgan fingerprint density at radius 3 is 2.73 bits per heavy atom. The van der Waals surface area contributed by atoms with Crippen LogP contribution in [0.5, 0.6) is 0 Å². The highest BCUT2D eigenvalue weighted by atomic mass is 79.9. The van der Waals surface area contributed by atoms with Gasteiger partial charge in [0.25, 0.3) is 0 Å². The van der Waals surface area contributed by atoms with Gasteiger partial charge in [0.2, 0.25) is 0 Å². The van der Waals surface area contributed by atoms with E-state index in [1.54, 1.807) is 17.4 Å². The summed E-state index contributed by atoms with van der Waals surface area (Å²) >= 11 is 4.99. The molecule has 1 aromatic heterocycles. The average molecular weight is 496 g/mol. The van der Waals surface area contributed by atoms with Gasteiger partial charge in [-0.15, -0.1) is 11.3 Å². The van der Waals surface area contributed by atoms with Gasteiger partial charge in [0, 0.05) is 30.7 Å². The van der Waals surface area contributed by atoms with Crippen molar-refractivity contribution < 1.29 is 19.1 Å². The van der Waals surface area contributed by atoms with Crippen LogP contribution in [0.3, 0.4) is 0 Å². The van der Waals surface area contributed by atoms with Gasteiger partial charge in [-0.25, -0.2) is 9.78 Å². The second-order valence-electron chi connectivity index (χ2n) is 7.89. The van der Waals surface area contributed by atoms with Crippen LogP contribution in [0.15, 0.2) is 39.7 Å². The number of nitrogens with zero attached hydrogens (tertiary/aromatic N) is 1. The van der Waals surface area contributed by atoms with E-state index in [9.17, 15) is 9.59 Å². The first-order chi connectivity index (χ1) is 14.2. The van der Waals surface area contributed by atoms with Gasteiger partial charge < -0.3 is 9.47 Å². The number of halogens is 1. The van der Waals surface area contributed by atoms with Crippen molar-refractivity contribution in [2.75, 3.05) is 0 Å². The van der Waals surface area contributed by atoms with E-state index in [1.807, 2.05) is 38.3 Å². The lowest BCUT2D eigenvalue weighted by Gasteiger charge is -2.15. The Morgan fingerprint density at radius 1 is 1.23 bits per heavy atom. The van der Waals surface area contributed by atoms with Crippen molar-refractivity contribution in [1.82, 2.24) is 4.98 Å². The number of rotatable bonds is 1. The Hall–Kier alpha value is -1.73.